The van der Waals surface area contributed by atoms with Gasteiger partial charge in [-0.1, -0.05) is 28.1 Å². The van der Waals surface area contributed by atoms with Gasteiger partial charge in [0.25, 0.3) is 0 Å². The zero-order chi connectivity index (χ0) is 22.0. The second-order valence-corrected chi connectivity index (χ2v) is 7.91. The molecule has 0 atom stereocenters. The number of aromatic nitrogens is 2. The highest BCUT2D eigenvalue weighted by Crippen LogP contribution is 2.28. The molecule has 1 aliphatic heterocycles. The first-order valence-electron chi connectivity index (χ1n) is 9.85. The molecule has 2 N–H and O–H groups in total. The number of carbonyl (C=O) groups is 2. The normalized spacial score (nSPS) is 12.9. The maximum atomic E-state index is 12.9. The van der Waals surface area contributed by atoms with Gasteiger partial charge in [0.05, 0.1) is 30.2 Å². The van der Waals surface area contributed by atoms with E-state index in [1.54, 1.807) is 21.7 Å². The van der Waals surface area contributed by atoms with E-state index in [-0.39, 0.29) is 18.3 Å². The summed E-state index contributed by atoms with van der Waals surface area (Å²) < 4.78 is 8.14. The Kier molecular flexibility index (Phi) is 5.94. The predicted molar refractivity (Wildman–Crippen MR) is 119 cm³/mol. The van der Waals surface area contributed by atoms with Crippen molar-refractivity contribution >= 4 is 33.6 Å². The molecule has 4 rings (SSSR count). The number of halogens is 1. The van der Waals surface area contributed by atoms with Crippen LogP contribution in [0.15, 0.2) is 53.0 Å². The molecule has 2 aromatic carbocycles. The zero-order valence-electron chi connectivity index (χ0n) is 16.8. The number of amides is 2. The Morgan fingerprint density at radius 2 is 1.94 bits per heavy atom. The van der Waals surface area contributed by atoms with Gasteiger partial charge < -0.3 is 20.1 Å². The quantitative estimate of drug-likeness (QED) is 0.561. The van der Waals surface area contributed by atoms with Crippen molar-refractivity contribution in [2.24, 2.45) is 0 Å². The summed E-state index contributed by atoms with van der Waals surface area (Å²) in [5, 5.41) is 16.9. The average molecular weight is 485 g/mol. The second-order valence-electron chi connectivity index (χ2n) is 7.00. The van der Waals surface area contributed by atoms with Gasteiger partial charge in [-0.2, -0.15) is 5.10 Å². The molecule has 0 fully saturated rings. The zero-order valence-corrected chi connectivity index (χ0v) is 18.4. The minimum Gasteiger partial charge on any atom is -0.492 e. The Hall–Kier alpha value is -3.33. The molecule has 0 radical (unpaired) electrons. The number of urea groups is 1. The third-order valence-electron chi connectivity index (χ3n) is 5.05. The van der Waals surface area contributed by atoms with E-state index in [2.05, 4.69) is 26.3 Å². The fourth-order valence-corrected chi connectivity index (χ4v) is 3.87. The molecule has 160 valence electrons. The molecule has 9 heteroatoms. The molecule has 2 heterocycles. The van der Waals surface area contributed by atoms with E-state index in [0.29, 0.717) is 36.6 Å². The molecule has 1 aromatic heterocycles. The number of aromatic carboxylic acids is 1. The first-order chi connectivity index (χ1) is 15.0. The summed E-state index contributed by atoms with van der Waals surface area (Å²) in [6.45, 7) is 2.96. The Morgan fingerprint density at radius 1 is 1.19 bits per heavy atom. The number of hydrogen-bond acceptors (Lipinski definition) is 4. The van der Waals surface area contributed by atoms with Crippen LogP contribution >= 0.6 is 15.9 Å². The minimum absolute atomic E-state index is 0.0369. The molecule has 8 nitrogen and oxygen atoms in total. The topological polar surface area (TPSA) is 96.7 Å². The maximum absolute atomic E-state index is 12.9. The number of carboxylic acid groups (broad SMARTS) is 1. The highest BCUT2D eigenvalue weighted by atomic mass is 79.9. The van der Waals surface area contributed by atoms with Crippen molar-refractivity contribution in [3.63, 3.8) is 0 Å². The van der Waals surface area contributed by atoms with Crippen LogP contribution in [0.25, 0.3) is 5.69 Å². The summed E-state index contributed by atoms with van der Waals surface area (Å²) in [4.78, 5) is 26.3. The van der Waals surface area contributed by atoms with Crippen LogP contribution in [0.3, 0.4) is 0 Å². The SMILES string of the molecule is CCOc1ccccc1NC(=O)N1CCc2c(c(C(=O)O)nn2-c2ccc(Br)cc2)C1. The van der Waals surface area contributed by atoms with E-state index >= 15 is 0 Å². The fourth-order valence-electron chi connectivity index (χ4n) is 3.61. The number of anilines is 1. The van der Waals surface area contributed by atoms with E-state index in [1.165, 1.54) is 0 Å². The largest absolute Gasteiger partial charge is 0.492 e. The van der Waals surface area contributed by atoms with Crippen LogP contribution in [-0.4, -0.2) is 44.9 Å². The first-order valence-corrected chi connectivity index (χ1v) is 10.6. The molecule has 0 spiro atoms. The molecule has 0 aliphatic carbocycles. The average Bonchev–Trinajstić information content (AvgIpc) is 3.15. The third-order valence-corrected chi connectivity index (χ3v) is 5.58. The number of para-hydroxylation sites is 2. The summed E-state index contributed by atoms with van der Waals surface area (Å²) in [5.74, 6) is -0.526. The van der Waals surface area contributed by atoms with E-state index in [0.717, 1.165) is 15.9 Å². The molecule has 1 aliphatic rings. The van der Waals surface area contributed by atoms with Gasteiger partial charge in [-0.15, -0.1) is 0 Å². The summed E-state index contributed by atoms with van der Waals surface area (Å²) in [7, 11) is 0. The van der Waals surface area contributed by atoms with Crippen LogP contribution < -0.4 is 10.1 Å². The van der Waals surface area contributed by atoms with E-state index < -0.39 is 5.97 Å². The van der Waals surface area contributed by atoms with Crippen LogP contribution in [0, 0.1) is 0 Å². The van der Waals surface area contributed by atoms with Crippen molar-refractivity contribution < 1.29 is 19.4 Å². The van der Waals surface area contributed by atoms with Crippen molar-refractivity contribution in [1.82, 2.24) is 14.7 Å². The number of hydrogen-bond donors (Lipinski definition) is 2. The van der Waals surface area contributed by atoms with Gasteiger partial charge in [-0.3, -0.25) is 0 Å². The Bertz CT molecular complexity index is 1130. The summed E-state index contributed by atoms with van der Waals surface area (Å²) in [6.07, 6.45) is 0.492. The molecule has 31 heavy (non-hydrogen) atoms. The number of ether oxygens (including phenoxy) is 1. The van der Waals surface area contributed by atoms with Crippen molar-refractivity contribution in [3.8, 4) is 11.4 Å². The molecule has 3 aromatic rings. The molecular weight excluding hydrogens is 464 g/mol. The number of carboxylic acids is 1. The monoisotopic (exact) mass is 484 g/mol. The standard InChI is InChI=1S/C22H21BrN4O4/c1-2-31-19-6-4-3-5-17(19)24-22(30)26-12-11-18-16(13-26)20(21(28)29)25-27(18)15-9-7-14(23)8-10-15/h3-10H,2,11-13H2,1H3,(H,24,30)(H,28,29). The molecule has 0 unspecified atom stereocenters. The number of benzene rings is 2. The van der Waals surface area contributed by atoms with Gasteiger partial charge in [0.15, 0.2) is 5.69 Å². The van der Waals surface area contributed by atoms with Gasteiger partial charge in [0, 0.05) is 23.0 Å². The van der Waals surface area contributed by atoms with Gasteiger partial charge in [-0.25, -0.2) is 14.3 Å². The van der Waals surface area contributed by atoms with E-state index in [4.69, 9.17) is 4.74 Å². The predicted octanol–water partition coefficient (Wildman–Crippen LogP) is 4.32. The maximum Gasteiger partial charge on any atom is 0.356 e. The number of carbonyl (C=O) groups excluding carboxylic acids is 1. The minimum atomic E-state index is -1.11. The lowest BCUT2D eigenvalue weighted by atomic mass is 10.1. The summed E-state index contributed by atoms with van der Waals surface area (Å²) >= 11 is 3.40. The Labute approximate surface area is 187 Å². The molecular formula is C22H21BrN4O4. The number of fused-ring (bicyclic) bond motifs is 1. The highest BCUT2D eigenvalue weighted by Gasteiger charge is 2.30. The lowest BCUT2D eigenvalue weighted by molar-refractivity contribution is 0.0687. The van der Waals surface area contributed by atoms with Gasteiger partial charge in [-0.05, 0) is 43.3 Å². The summed E-state index contributed by atoms with van der Waals surface area (Å²) in [6, 6.07) is 14.4. The van der Waals surface area contributed by atoms with Crippen LogP contribution in [0.4, 0.5) is 10.5 Å². The molecule has 0 bridgehead atoms. The van der Waals surface area contributed by atoms with Gasteiger partial charge in [0.2, 0.25) is 0 Å². The molecule has 0 saturated carbocycles. The fraction of sp³-hybridized carbons (Fsp3) is 0.227. The van der Waals surface area contributed by atoms with Crippen LogP contribution in [0.2, 0.25) is 0 Å². The van der Waals surface area contributed by atoms with Crippen molar-refractivity contribution in [3.05, 3.63) is 70.0 Å². The van der Waals surface area contributed by atoms with Gasteiger partial charge in [0.1, 0.15) is 5.75 Å². The van der Waals surface area contributed by atoms with Crippen LogP contribution in [0.5, 0.6) is 5.75 Å². The lowest BCUT2D eigenvalue weighted by Gasteiger charge is -2.28. The smallest absolute Gasteiger partial charge is 0.356 e. The summed E-state index contributed by atoms with van der Waals surface area (Å²) in [5.41, 5.74) is 2.66. The Morgan fingerprint density at radius 3 is 2.65 bits per heavy atom. The van der Waals surface area contributed by atoms with Crippen molar-refractivity contribution in [2.75, 3.05) is 18.5 Å². The number of nitrogens with zero attached hydrogens (tertiary/aromatic N) is 3. The molecule has 0 saturated heterocycles. The lowest BCUT2D eigenvalue weighted by Crippen LogP contribution is -2.39. The number of rotatable bonds is 5. The molecule has 2 amide bonds. The van der Waals surface area contributed by atoms with Crippen LogP contribution in [-0.2, 0) is 13.0 Å². The highest BCUT2D eigenvalue weighted by molar-refractivity contribution is 9.10. The number of nitrogens with one attached hydrogen (secondary N) is 1. The second kappa shape index (κ2) is 8.81. The van der Waals surface area contributed by atoms with Crippen LogP contribution in [0.1, 0.15) is 28.7 Å². The van der Waals surface area contributed by atoms with E-state index in [1.807, 2.05) is 43.3 Å². The first kappa shape index (κ1) is 20.9. The van der Waals surface area contributed by atoms with Crippen molar-refractivity contribution in [1.29, 1.82) is 0 Å². The Balaban J connectivity index is 1.60. The van der Waals surface area contributed by atoms with Crippen molar-refractivity contribution in [2.45, 2.75) is 19.9 Å². The third kappa shape index (κ3) is 4.27. The van der Waals surface area contributed by atoms with Gasteiger partial charge >= 0.3 is 12.0 Å². The van der Waals surface area contributed by atoms with E-state index in [9.17, 15) is 14.7 Å².